The molecule has 1 fully saturated rings. The Bertz CT molecular complexity index is 759. The molecule has 0 radical (unpaired) electrons. The number of thiazole rings is 1. The summed E-state index contributed by atoms with van der Waals surface area (Å²) in [4.78, 5) is 12.0. The molecule has 1 aromatic carbocycles. The fraction of sp³-hybridized carbons (Fsp3) is 0.565. The maximum atomic E-state index is 5.96. The van der Waals surface area contributed by atoms with Gasteiger partial charge in [-0.25, -0.2) is 4.98 Å². The van der Waals surface area contributed by atoms with Crippen LogP contribution in [0.25, 0.3) is 0 Å². The van der Waals surface area contributed by atoms with Crippen LogP contribution in [0.3, 0.4) is 0 Å². The van der Waals surface area contributed by atoms with Crippen LogP contribution in [-0.4, -0.2) is 48.6 Å². The van der Waals surface area contributed by atoms with Crippen LogP contribution in [0.1, 0.15) is 49.4 Å². The van der Waals surface area contributed by atoms with Crippen LogP contribution < -0.4 is 5.32 Å². The first-order chi connectivity index (χ1) is 14.2. The molecule has 1 aliphatic rings. The zero-order valence-electron chi connectivity index (χ0n) is 17.9. The van der Waals surface area contributed by atoms with E-state index in [9.17, 15) is 0 Å². The van der Waals surface area contributed by atoms with Crippen molar-refractivity contribution >= 4 is 17.3 Å². The molecule has 29 heavy (non-hydrogen) atoms. The molecular formula is C23H34N4OS. The third kappa shape index (κ3) is 6.82. The number of hydrogen-bond acceptors (Lipinski definition) is 4. The number of rotatable bonds is 9. The van der Waals surface area contributed by atoms with Gasteiger partial charge in [0.15, 0.2) is 5.96 Å². The van der Waals surface area contributed by atoms with Crippen molar-refractivity contribution < 1.29 is 4.74 Å². The van der Waals surface area contributed by atoms with E-state index in [2.05, 4.69) is 60.6 Å². The molecule has 1 aliphatic heterocycles. The van der Waals surface area contributed by atoms with Crippen molar-refractivity contribution in [2.75, 3.05) is 32.8 Å². The highest BCUT2D eigenvalue weighted by molar-refractivity contribution is 7.09. The molecular weight excluding hydrogens is 380 g/mol. The molecule has 3 rings (SSSR count). The molecule has 0 spiro atoms. The molecule has 0 amide bonds. The molecule has 2 heterocycles. The highest BCUT2D eigenvalue weighted by Gasteiger charge is 2.25. The number of benzene rings is 1. The van der Waals surface area contributed by atoms with Gasteiger partial charge in [0, 0.05) is 49.8 Å². The van der Waals surface area contributed by atoms with E-state index in [0.29, 0.717) is 18.4 Å². The Labute approximate surface area is 179 Å². The van der Waals surface area contributed by atoms with Gasteiger partial charge < -0.3 is 15.0 Å². The monoisotopic (exact) mass is 414 g/mol. The van der Waals surface area contributed by atoms with Crippen LogP contribution in [-0.2, 0) is 17.8 Å². The molecule has 1 saturated heterocycles. The molecule has 1 unspecified atom stereocenters. The molecule has 2 aromatic rings. The third-order valence-corrected chi connectivity index (χ3v) is 6.27. The van der Waals surface area contributed by atoms with Crippen LogP contribution in [0.15, 0.2) is 40.7 Å². The Morgan fingerprint density at radius 1 is 1.34 bits per heavy atom. The first-order valence-electron chi connectivity index (χ1n) is 10.7. The smallest absolute Gasteiger partial charge is 0.193 e. The summed E-state index contributed by atoms with van der Waals surface area (Å²) >= 11 is 1.76. The van der Waals surface area contributed by atoms with Gasteiger partial charge in [-0.2, -0.15) is 0 Å². The minimum absolute atomic E-state index is 0.500. The van der Waals surface area contributed by atoms with Crippen molar-refractivity contribution in [3.63, 3.8) is 0 Å². The topological polar surface area (TPSA) is 49.8 Å². The number of likely N-dealkylation sites (tertiary alicyclic amines) is 1. The van der Waals surface area contributed by atoms with Crippen molar-refractivity contribution in [3.8, 4) is 0 Å². The summed E-state index contributed by atoms with van der Waals surface area (Å²) in [5, 5.41) is 6.84. The molecule has 1 N–H and O–H groups in total. The zero-order valence-corrected chi connectivity index (χ0v) is 18.8. The predicted octanol–water partition coefficient (Wildman–Crippen LogP) is 4.31. The fourth-order valence-corrected chi connectivity index (χ4v) is 4.35. The van der Waals surface area contributed by atoms with Gasteiger partial charge >= 0.3 is 0 Å². The standard InChI is InChI=1S/C23H34N4OS/c1-4-24-23(25-12-10-21-17-29-22(26-21)18(2)3)27-13-11-20(14-27)16-28-15-19-8-6-5-7-9-19/h5-9,17-18,20H,4,10-16H2,1-3H3,(H,24,25). The number of hydrogen-bond donors (Lipinski definition) is 1. The van der Waals surface area contributed by atoms with Gasteiger partial charge in [-0.15, -0.1) is 11.3 Å². The SMILES string of the molecule is CCNC(=NCCc1csc(C(C)C)n1)N1CCC(COCc2ccccc2)C1. The predicted molar refractivity (Wildman–Crippen MR) is 122 cm³/mol. The minimum atomic E-state index is 0.500. The van der Waals surface area contributed by atoms with Crippen molar-refractivity contribution in [1.29, 1.82) is 0 Å². The van der Waals surface area contributed by atoms with Crippen molar-refractivity contribution in [1.82, 2.24) is 15.2 Å². The molecule has 0 aliphatic carbocycles. The maximum Gasteiger partial charge on any atom is 0.193 e. The summed E-state index contributed by atoms with van der Waals surface area (Å²) in [5.74, 6) is 2.09. The van der Waals surface area contributed by atoms with Crippen molar-refractivity contribution in [3.05, 3.63) is 52.0 Å². The third-order valence-electron chi connectivity index (χ3n) is 5.08. The summed E-state index contributed by atoms with van der Waals surface area (Å²) in [5.41, 5.74) is 2.40. The molecule has 1 aromatic heterocycles. The van der Waals surface area contributed by atoms with Crippen LogP contribution in [0, 0.1) is 5.92 Å². The van der Waals surface area contributed by atoms with Crippen LogP contribution in [0.5, 0.6) is 0 Å². The summed E-state index contributed by atoms with van der Waals surface area (Å²) in [6.45, 7) is 11.7. The van der Waals surface area contributed by atoms with E-state index >= 15 is 0 Å². The zero-order chi connectivity index (χ0) is 20.5. The summed E-state index contributed by atoms with van der Waals surface area (Å²) in [6.07, 6.45) is 2.05. The Morgan fingerprint density at radius 3 is 2.90 bits per heavy atom. The number of nitrogens with one attached hydrogen (secondary N) is 1. The number of ether oxygens (including phenoxy) is 1. The molecule has 5 nitrogen and oxygen atoms in total. The van der Waals surface area contributed by atoms with E-state index in [4.69, 9.17) is 14.7 Å². The lowest BCUT2D eigenvalue weighted by atomic mass is 10.1. The van der Waals surface area contributed by atoms with Gasteiger partial charge in [-0.3, -0.25) is 4.99 Å². The Balaban J connectivity index is 1.45. The summed E-state index contributed by atoms with van der Waals surface area (Å²) < 4.78 is 5.96. The largest absolute Gasteiger partial charge is 0.376 e. The highest BCUT2D eigenvalue weighted by atomic mass is 32.1. The van der Waals surface area contributed by atoms with Gasteiger partial charge in [0.05, 0.1) is 23.9 Å². The fourth-order valence-electron chi connectivity index (χ4n) is 3.48. The normalized spacial score (nSPS) is 17.3. The first-order valence-corrected chi connectivity index (χ1v) is 11.6. The lowest BCUT2D eigenvalue weighted by Gasteiger charge is -2.21. The van der Waals surface area contributed by atoms with Gasteiger partial charge in [0.25, 0.3) is 0 Å². The van der Waals surface area contributed by atoms with E-state index in [1.165, 1.54) is 10.6 Å². The lowest BCUT2D eigenvalue weighted by Crippen LogP contribution is -2.40. The second kappa shape index (κ2) is 11.3. The second-order valence-electron chi connectivity index (χ2n) is 7.92. The average molecular weight is 415 g/mol. The lowest BCUT2D eigenvalue weighted by molar-refractivity contribution is 0.0907. The molecule has 0 bridgehead atoms. The Morgan fingerprint density at radius 2 is 2.17 bits per heavy atom. The van der Waals surface area contributed by atoms with Crippen LogP contribution in [0.2, 0.25) is 0 Å². The van der Waals surface area contributed by atoms with Gasteiger partial charge in [-0.1, -0.05) is 44.2 Å². The summed E-state index contributed by atoms with van der Waals surface area (Å²) in [6, 6.07) is 10.4. The Hall–Kier alpha value is -1.92. The van der Waals surface area contributed by atoms with Crippen molar-refractivity contribution in [2.24, 2.45) is 10.9 Å². The van der Waals surface area contributed by atoms with Gasteiger partial charge in [-0.05, 0) is 18.9 Å². The molecule has 6 heteroatoms. The van der Waals surface area contributed by atoms with Gasteiger partial charge in [0.2, 0.25) is 0 Å². The van der Waals surface area contributed by atoms with E-state index < -0.39 is 0 Å². The number of guanidine groups is 1. The van der Waals surface area contributed by atoms with Crippen LogP contribution in [0.4, 0.5) is 0 Å². The van der Waals surface area contributed by atoms with E-state index in [1.54, 1.807) is 11.3 Å². The maximum absolute atomic E-state index is 5.96. The van der Waals surface area contributed by atoms with E-state index in [-0.39, 0.29) is 0 Å². The highest BCUT2D eigenvalue weighted by Crippen LogP contribution is 2.20. The Kier molecular flexibility index (Phi) is 8.50. The van der Waals surface area contributed by atoms with E-state index in [0.717, 1.165) is 57.3 Å². The average Bonchev–Trinajstić information content (AvgIpc) is 3.38. The van der Waals surface area contributed by atoms with E-state index in [1.807, 2.05) is 6.07 Å². The number of aromatic nitrogens is 1. The summed E-state index contributed by atoms with van der Waals surface area (Å²) in [7, 11) is 0. The van der Waals surface area contributed by atoms with Crippen LogP contribution >= 0.6 is 11.3 Å². The molecule has 1 atom stereocenters. The minimum Gasteiger partial charge on any atom is -0.376 e. The first kappa shape index (κ1) is 21.8. The molecule has 158 valence electrons. The quantitative estimate of drug-likeness (QED) is 0.491. The van der Waals surface area contributed by atoms with Gasteiger partial charge in [0.1, 0.15) is 0 Å². The second-order valence-corrected chi connectivity index (χ2v) is 8.81. The number of aliphatic imine (C=N–C) groups is 1. The number of nitrogens with zero attached hydrogens (tertiary/aromatic N) is 3. The molecule has 0 saturated carbocycles. The van der Waals surface area contributed by atoms with Crippen molar-refractivity contribution in [2.45, 2.75) is 46.1 Å².